The molecule has 5 aromatic rings. The van der Waals surface area contributed by atoms with Gasteiger partial charge in [-0.2, -0.15) is 5.26 Å². The fourth-order valence-electron chi connectivity index (χ4n) is 4.36. The van der Waals surface area contributed by atoms with Crippen molar-refractivity contribution in [2.75, 3.05) is 6.61 Å². The summed E-state index contributed by atoms with van der Waals surface area (Å²) in [6, 6.07) is 10.9. The van der Waals surface area contributed by atoms with Crippen LogP contribution in [0.25, 0.3) is 32.2 Å². The smallest absolute Gasteiger partial charge is 0.338 e. The lowest BCUT2D eigenvalue weighted by Gasteiger charge is -2.16. The maximum atomic E-state index is 13.5. The molecule has 0 aliphatic rings. The molecule has 0 spiro atoms. The second kappa shape index (κ2) is 10.4. The fourth-order valence-corrected chi connectivity index (χ4v) is 5.56. The number of aryl methyl sites for hydroxylation is 1. The number of ether oxygens (including phenoxy) is 1. The number of benzene rings is 2. The van der Waals surface area contributed by atoms with Crippen molar-refractivity contribution >= 4 is 50.0 Å². The van der Waals surface area contributed by atoms with E-state index in [1.165, 1.54) is 40.5 Å². The van der Waals surface area contributed by atoms with E-state index in [0.717, 1.165) is 6.07 Å². The van der Waals surface area contributed by atoms with Crippen LogP contribution < -0.4 is 10.3 Å². The molecule has 1 N–H and O–H groups in total. The van der Waals surface area contributed by atoms with Gasteiger partial charge in [0.25, 0.3) is 12.0 Å². The molecular formula is C27H17ClF2N4O4S. The third-order valence-electron chi connectivity index (χ3n) is 6.18. The Morgan fingerprint density at radius 1 is 1.23 bits per heavy atom. The number of carboxylic acids is 1. The topological polar surface area (TPSA) is 118 Å². The maximum Gasteiger partial charge on any atom is 0.338 e. The predicted molar refractivity (Wildman–Crippen MR) is 143 cm³/mol. The number of aromatic carboxylic acids is 1. The van der Waals surface area contributed by atoms with Crippen LogP contribution in [0.5, 0.6) is 5.75 Å². The van der Waals surface area contributed by atoms with Gasteiger partial charge in [-0.05, 0) is 43.3 Å². The van der Waals surface area contributed by atoms with Crippen LogP contribution in [-0.4, -0.2) is 32.2 Å². The molecule has 0 aliphatic carbocycles. The summed E-state index contributed by atoms with van der Waals surface area (Å²) in [4.78, 5) is 33.3. The molecule has 5 rings (SSSR count). The minimum atomic E-state index is -2.86. The Labute approximate surface area is 228 Å². The van der Waals surface area contributed by atoms with Gasteiger partial charge < -0.3 is 9.84 Å². The number of nitrogens with zero attached hydrogens (tertiary/aromatic N) is 4. The summed E-state index contributed by atoms with van der Waals surface area (Å²) in [6.45, 7) is 1.54. The Kier molecular flexibility index (Phi) is 6.99. The van der Waals surface area contributed by atoms with Crippen molar-refractivity contribution in [3.8, 4) is 22.9 Å². The maximum absolute atomic E-state index is 13.5. The van der Waals surface area contributed by atoms with Crippen molar-refractivity contribution in [2.45, 2.75) is 19.9 Å². The minimum Gasteiger partial charge on any atom is -0.491 e. The zero-order valence-electron chi connectivity index (χ0n) is 20.1. The number of nitriles is 1. The Morgan fingerprint density at radius 3 is 2.74 bits per heavy atom. The summed E-state index contributed by atoms with van der Waals surface area (Å²) in [5, 5.41) is 20.7. The highest BCUT2D eigenvalue weighted by Crippen LogP contribution is 2.39. The number of halogens is 3. The number of fused-ring (bicyclic) bond motifs is 2. The minimum absolute atomic E-state index is 0.00195. The zero-order valence-corrected chi connectivity index (χ0v) is 21.7. The third-order valence-corrected chi connectivity index (χ3v) is 7.41. The van der Waals surface area contributed by atoms with E-state index in [1.807, 2.05) is 6.07 Å². The number of rotatable bonds is 7. The molecular weight excluding hydrogens is 550 g/mol. The zero-order chi connectivity index (χ0) is 27.8. The van der Waals surface area contributed by atoms with Crippen molar-refractivity contribution in [1.82, 2.24) is 14.5 Å². The first-order valence-electron chi connectivity index (χ1n) is 11.5. The van der Waals surface area contributed by atoms with Gasteiger partial charge in [-0.15, -0.1) is 11.3 Å². The van der Waals surface area contributed by atoms with Gasteiger partial charge in [0.2, 0.25) is 0 Å². The second-order valence-corrected chi connectivity index (χ2v) is 9.75. The molecule has 12 heteroatoms. The van der Waals surface area contributed by atoms with Crippen molar-refractivity contribution in [3.05, 3.63) is 85.9 Å². The molecule has 0 fully saturated rings. The summed E-state index contributed by atoms with van der Waals surface area (Å²) < 4.78 is 35.0. The van der Waals surface area contributed by atoms with Crippen molar-refractivity contribution in [1.29, 1.82) is 5.26 Å². The summed E-state index contributed by atoms with van der Waals surface area (Å²) in [6.07, 6.45) is -1.35. The van der Waals surface area contributed by atoms with Gasteiger partial charge in [-0.1, -0.05) is 11.6 Å². The number of aromatic nitrogens is 3. The monoisotopic (exact) mass is 566 g/mol. The Bertz CT molecular complexity index is 1880. The fraction of sp³-hybridized carbons (Fsp3) is 0.148. The lowest BCUT2D eigenvalue weighted by atomic mass is 10.0. The SMILES string of the molecule is Cc1nc2c(C(F)F)ccc(C#N)c2c(=O)n1CCOc1ccc(Cl)cc1-c1ccnc2c(C(=O)O)csc12. The lowest BCUT2D eigenvalue weighted by Crippen LogP contribution is -2.27. The highest BCUT2D eigenvalue weighted by Gasteiger charge is 2.21. The molecule has 196 valence electrons. The quantitative estimate of drug-likeness (QED) is 0.248. The summed E-state index contributed by atoms with van der Waals surface area (Å²) in [5.74, 6) is -0.465. The number of thiophene rings is 1. The normalized spacial score (nSPS) is 11.3. The number of carboxylic acid groups (broad SMARTS) is 1. The van der Waals surface area contributed by atoms with Crippen LogP contribution in [0.15, 0.2) is 52.8 Å². The van der Waals surface area contributed by atoms with Gasteiger partial charge in [0, 0.05) is 33.3 Å². The van der Waals surface area contributed by atoms with Gasteiger partial charge in [-0.25, -0.2) is 18.6 Å². The van der Waals surface area contributed by atoms with Crippen LogP contribution in [0.3, 0.4) is 0 Å². The van der Waals surface area contributed by atoms with E-state index in [-0.39, 0.29) is 41.0 Å². The van der Waals surface area contributed by atoms with Gasteiger partial charge >= 0.3 is 5.97 Å². The van der Waals surface area contributed by atoms with E-state index in [9.17, 15) is 28.7 Å². The Balaban J connectivity index is 1.50. The van der Waals surface area contributed by atoms with E-state index < -0.39 is 23.5 Å². The number of pyridine rings is 1. The molecule has 0 amide bonds. The Morgan fingerprint density at radius 2 is 2.03 bits per heavy atom. The average molecular weight is 567 g/mol. The molecule has 0 unspecified atom stereocenters. The number of alkyl halides is 2. The number of hydrogen-bond acceptors (Lipinski definition) is 7. The van der Waals surface area contributed by atoms with Crippen LogP contribution in [0, 0.1) is 18.3 Å². The molecule has 0 saturated heterocycles. The highest BCUT2D eigenvalue weighted by atomic mass is 35.5. The van der Waals surface area contributed by atoms with Crippen LogP contribution >= 0.6 is 22.9 Å². The molecule has 0 radical (unpaired) electrons. The molecule has 3 heterocycles. The molecule has 0 atom stereocenters. The number of hydrogen-bond donors (Lipinski definition) is 1. The first-order chi connectivity index (χ1) is 18.7. The average Bonchev–Trinajstić information content (AvgIpc) is 3.35. The van der Waals surface area contributed by atoms with E-state index in [4.69, 9.17) is 16.3 Å². The van der Waals surface area contributed by atoms with Crippen LogP contribution in [0.1, 0.15) is 33.7 Å². The van der Waals surface area contributed by atoms with Gasteiger partial charge in [0.15, 0.2) is 0 Å². The van der Waals surface area contributed by atoms with E-state index in [0.29, 0.717) is 32.1 Å². The standard InChI is InChI=1S/C27H17ClF2N4O4S/c1-13-33-22-17(25(29)30)4-2-14(11-31)21(22)26(35)34(13)8-9-38-20-5-3-15(28)10-18(20)16-6-7-32-23-19(27(36)37)12-39-24(16)23/h2-7,10,12,25H,8-9H2,1H3,(H,36,37). The number of carbonyl (C=O) groups is 1. The largest absolute Gasteiger partial charge is 0.491 e. The van der Waals surface area contributed by atoms with Crippen molar-refractivity contribution in [2.24, 2.45) is 0 Å². The lowest BCUT2D eigenvalue weighted by molar-refractivity contribution is 0.0699. The Hall–Kier alpha value is -4.40. The third kappa shape index (κ3) is 4.69. The molecule has 0 bridgehead atoms. The van der Waals surface area contributed by atoms with Gasteiger partial charge in [-0.3, -0.25) is 14.3 Å². The summed E-state index contributed by atoms with van der Waals surface area (Å²) in [5.41, 5.74) is 0.441. The van der Waals surface area contributed by atoms with Gasteiger partial charge in [0.1, 0.15) is 24.3 Å². The molecule has 0 aliphatic heterocycles. The molecule has 39 heavy (non-hydrogen) atoms. The molecule has 8 nitrogen and oxygen atoms in total. The summed E-state index contributed by atoms with van der Waals surface area (Å²) in [7, 11) is 0. The van der Waals surface area contributed by atoms with E-state index in [1.54, 1.807) is 24.3 Å². The van der Waals surface area contributed by atoms with Gasteiger partial charge in [0.05, 0.1) is 38.8 Å². The molecule has 2 aromatic carbocycles. The molecule has 3 aromatic heterocycles. The van der Waals surface area contributed by atoms with Crippen LogP contribution in [-0.2, 0) is 6.54 Å². The highest BCUT2D eigenvalue weighted by molar-refractivity contribution is 7.18. The van der Waals surface area contributed by atoms with Crippen molar-refractivity contribution < 1.29 is 23.4 Å². The summed E-state index contributed by atoms with van der Waals surface area (Å²) >= 11 is 7.50. The van der Waals surface area contributed by atoms with E-state index in [2.05, 4.69) is 9.97 Å². The predicted octanol–water partition coefficient (Wildman–Crippen LogP) is 6.22. The van der Waals surface area contributed by atoms with E-state index >= 15 is 0 Å². The van der Waals surface area contributed by atoms with Crippen molar-refractivity contribution in [3.63, 3.8) is 0 Å². The first kappa shape index (κ1) is 26.2. The first-order valence-corrected chi connectivity index (χ1v) is 12.7. The second-order valence-electron chi connectivity index (χ2n) is 8.43. The molecule has 0 saturated carbocycles. The van der Waals surface area contributed by atoms with Crippen LogP contribution in [0.2, 0.25) is 5.02 Å². The van der Waals surface area contributed by atoms with Crippen LogP contribution in [0.4, 0.5) is 8.78 Å².